The van der Waals surface area contributed by atoms with E-state index < -0.39 is 17.8 Å². The maximum atomic E-state index is 13.5. The van der Waals surface area contributed by atoms with E-state index in [1.54, 1.807) is 42.5 Å². The normalized spacial score (nSPS) is 14.1. The van der Waals surface area contributed by atoms with Crippen LogP contribution in [0.2, 0.25) is 0 Å². The lowest BCUT2D eigenvalue weighted by Crippen LogP contribution is -2.10. The minimum absolute atomic E-state index is 0.0267. The van der Waals surface area contributed by atoms with Crippen molar-refractivity contribution in [3.05, 3.63) is 98.5 Å². The third kappa shape index (κ3) is 5.28. The van der Waals surface area contributed by atoms with E-state index in [2.05, 4.69) is 4.99 Å². The molecular weight excluding hydrogens is 540 g/mol. The third-order valence-electron chi connectivity index (χ3n) is 4.53. The van der Waals surface area contributed by atoms with Crippen molar-refractivity contribution in [2.75, 3.05) is 6.61 Å². The van der Waals surface area contributed by atoms with Crippen LogP contribution in [0.15, 0.2) is 77.4 Å². The van der Waals surface area contributed by atoms with Gasteiger partial charge in [0.2, 0.25) is 5.90 Å². The molecule has 8 heteroatoms. The second kappa shape index (κ2) is 9.95. The standard InChI is InChI=1S/C25H17FINO5/c1-2-31-21-13-15(11-19(27)22(21)32-24(29)16-7-4-3-5-8-16)12-20-25(30)33-23(28-20)17-9-6-10-18(26)14-17/h3-14H,2H2,1H3/b20-12-. The van der Waals surface area contributed by atoms with E-state index in [9.17, 15) is 14.0 Å². The SMILES string of the molecule is CCOc1cc(/C=C2\N=C(c3cccc(F)c3)OC2=O)cc(I)c1OC(=O)c1ccccc1. The van der Waals surface area contributed by atoms with Crippen LogP contribution in [0.25, 0.3) is 6.08 Å². The van der Waals surface area contributed by atoms with Crippen LogP contribution in [-0.2, 0) is 9.53 Å². The number of halogens is 2. The quantitative estimate of drug-likeness (QED) is 0.176. The van der Waals surface area contributed by atoms with E-state index in [-0.39, 0.29) is 17.3 Å². The minimum Gasteiger partial charge on any atom is -0.490 e. The summed E-state index contributed by atoms with van der Waals surface area (Å²) in [5.74, 6) is -0.960. The summed E-state index contributed by atoms with van der Waals surface area (Å²) in [6, 6.07) is 17.6. The van der Waals surface area contributed by atoms with Gasteiger partial charge in [-0.1, -0.05) is 24.3 Å². The molecule has 0 aliphatic carbocycles. The van der Waals surface area contributed by atoms with Gasteiger partial charge in [0.25, 0.3) is 0 Å². The predicted octanol–water partition coefficient (Wildman–Crippen LogP) is 5.39. The second-order valence-corrected chi connectivity index (χ2v) is 8.03. The van der Waals surface area contributed by atoms with Gasteiger partial charge >= 0.3 is 11.9 Å². The summed E-state index contributed by atoms with van der Waals surface area (Å²) in [6.07, 6.45) is 1.53. The second-order valence-electron chi connectivity index (χ2n) is 6.86. The summed E-state index contributed by atoms with van der Waals surface area (Å²) in [5.41, 5.74) is 1.43. The number of cyclic esters (lactones) is 1. The van der Waals surface area contributed by atoms with Crippen LogP contribution in [-0.4, -0.2) is 24.4 Å². The van der Waals surface area contributed by atoms with Gasteiger partial charge in [-0.3, -0.25) is 0 Å². The van der Waals surface area contributed by atoms with Gasteiger partial charge in [0.05, 0.1) is 15.7 Å². The van der Waals surface area contributed by atoms with Crippen LogP contribution in [0.1, 0.15) is 28.4 Å². The van der Waals surface area contributed by atoms with Crippen molar-refractivity contribution in [2.45, 2.75) is 6.92 Å². The highest BCUT2D eigenvalue weighted by Crippen LogP contribution is 2.36. The Morgan fingerprint density at radius 1 is 1.12 bits per heavy atom. The van der Waals surface area contributed by atoms with E-state index in [0.717, 1.165) is 0 Å². The zero-order valence-corrected chi connectivity index (χ0v) is 19.5. The average Bonchev–Trinajstić information content (AvgIpc) is 3.17. The Labute approximate surface area is 202 Å². The first-order valence-electron chi connectivity index (χ1n) is 9.96. The number of aliphatic imine (C=N–C) groups is 1. The van der Waals surface area contributed by atoms with Crippen LogP contribution >= 0.6 is 22.6 Å². The number of carbonyl (C=O) groups excluding carboxylic acids is 2. The zero-order valence-electron chi connectivity index (χ0n) is 17.4. The van der Waals surface area contributed by atoms with Crippen molar-refractivity contribution in [3.8, 4) is 11.5 Å². The summed E-state index contributed by atoms with van der Waals surface area (Å²) in [4.78, 5) is 29.0. The van der Waals surface area contributed by atoms with Crippen LogP contribution in [0, 0.1) is 9.39 Å². The van der Waals surface area contributed by atoms with Gasteiger partial charge in [0, 0.05) is 5.56 Å². The van der Waals surface area contributed by atoms with Crippen molar-refractivity contribution in [3.63, 3.8) is 0 Å². The van der Waals surface area contributed by atoms with E-state index in [1.807, 2.05) is 35.6 Å². The molecule has 0 aromatic heterocycles. The minimum atomic E-state index is -0.651. The summed E-state index contributed by atoms with van der Waals surface area (Å²) in [5, 5.41) is 0. The third-order valence-corrected chi connectivity index (χ3v) is 5.33. The van der Waals surface area contributed by atoms with Gasteiger partial charge < -0.3 is 14.2 Å². The molecule has 0 radical (unpaired) electrons. The first-order valence-corrected chi connectivity index (χ1v) is 11.0. The molecule has 1 aliphatic rings. The van der Waals surface area contributed by atoms with Crippen molar-refractivity contribution in [1.82, 2.24) is 0 Å². The highest BCUT2D eigenvalue weighted by atomic mass is 127. The first kappa shape index (κ1) is 22.7. The number of nitrogens with zero attached hydrogens (tertiary/aromatic N) is 1. The molecule has 166 valence electrons. The highest BCUT2D eigenvalue weighted by molar-refractivity contribution is 14.1. The van der Waals surface area contributed by atoms with E-state index in [1.165, 1.54) is 24.3 Å². The number of hydrogen-bond acceptors (Lipinski definition) is 6. The smallest absolute Gasteiger partial charge is 0.363 e. The van der Waals surface area contributed by atoms with Gasteiger partial charge in [-0.2, -0.15) is 0 Å². The van der Waals surface area contributed by atoms with Gasteiger partial charge in [-0.25, -0.2) is 19.0 Å². The Bertz CT molecular complexity index is 1290. The Hall–Kier alpha value is -3.53. The van der Waals surface area contributed by atoms with Crippen molar-refractivity contribution < 1.29 is 28.2 Å². The Morgan fingerprint density at radius 3 is 2.64 bits per heavy atom. The van der Waals surface area contributed by atoms with Crippen LogP contribution in [0.4, 0.5) is 4.39 Å². The Balaban J connectivity index is 1.65. The molecule has 3 aromatic carbocycles. The average molecular weight is 557 g/mol. The number of rotatable bonds is 6. The molecule has 33 heavy (non-hydrogen) atoms. The molecule has 6 nitrogen and oxygen atoms in total. The molecule has 0 amide bonds. The summed E-state index contributed by atoms with van der Waals surface area (Å²) in [6.45, 7) is 2.15. The van der Waals surface area contributed by atoms with Gasteiger partial charge in [-0.05, 0) is 83.6 Å². The lowest BCUT2D eigenvalue weighted by atomic mass is 10.1. The molecule has 0 saturated carbocycles. The summed E-state index contributed by atoms with van der Waals surface area (Å²) >= 11 is 2.03. The summed E-state index contributed by atoms with van der Waals surface area (Å²) < 4.78 is 30.6. The van der Waals surface area contributed by atoms with Gasteiger partial charge in [-0.15, -0.1) is 0 Å². The Morgan fingerprint density at radius 2 is 1.91 bits per heavy atom. The monoisotopic (exact) mass is 557 g/mol. The van der Waals surface area contributed by atoms with Gasteiger partial charge in [0.1, 0.15) is 5.82 Å². The molecule has 3 aromatic rings. The van der Waals surface area contributed by atoms with Crippen molar-refractivity contribution in [1.29, 1.82) is 0 Å². The topological polar surface area (TPSA) is 74.2 Å². The first-order chi connectivity index (χ1) is 15.9. The molecule has 0 fully saturated rings. The maximum absolute atomic E-state index is 13.5. The summed E-state index contributed by atoms with van der Waals surface area (Å²) in [7, 11) is 0. The van der Waals surface area contributed by atoms with E-state index in [4.69, 9.17) is 14.2 Å². The fourth-order valence-corrected chi connectivity index (χ4v) is 3.81. The molecule has 1 heterocycles. The number of esters is 2. The van der Waals surface area contributed by atoms with Crippen LogP contribution in [0.3, 0.4) is 0 Å². The van der Waals surface area contributed by atoms with Crippen molar-refractivity contribution >= 4 is 46.5 Å². The van der Waals surface area contributed by atoms with Crippen molar-refractivity contribution in [2.24, 2.45) is 4.99 Å². The maximum Gasteiger partial charge on any atom is 0.363 e. The molecule has 0 saturated heterocycles. The van der Waals surface area contributed by atoms with Crippen LogP contribution in [0.5, 0.6) is 11.5 Å². The number of carbonyl (C=O) groups is 2. The fourth-order valence-electron chi connectivity index (χ4n) is 3.07. The lowest BCUT2D eigenvalue weighted by Gasteiger charge is -2.13. The Kier molecular flexibility index (Phi) is 6.83. The van der Waals surface area contributed by atoms with E-state index in [0.29, 0.717) is 32.6 Å². The highest BCUT2D eigenvalue weighted by Gasteiger charge is 2.25. The molecule has 0 unspecified atom stereocenters. The lowest BCUT2D eigenvalue weighted by molar-refractivity contribution is -0.129. The van der Waals surface area contributed by atoms with E-state index >= 15 is 0 Å². The van der Waals surface area contributed by atoms with Crippen LogP contribution < -0.4 is 9.47 Å². The molecule has 0 N–H and O–H groups in total. The molecule has 1 aliphatic heterocycles. The molecule has 0 atom stereocenters. The predicted molar refractivity (Wildman–Crippen MR) is 129 cm³/mol. The number of benzene rings is 3. The largest absolute Gasteiger partial charge is 0.490 e. The van der Waals surface area contributed by atoms with Gasteiger partial charge in [0.15, 0.2) is 17.2 Å². The number of ether oxygens (including phenoxy) is 3. The number of hydrogen-bond donors (Lipinski definition) is 0. The molecule has 0 bridgehead atoms. The molecule has 4 rings (SSSR count). The fraction of sp³-hybridized carbons (Fsp3) is 0.0800. The molecule has 0 spiro atoms. The molecular formula is C25H17FINO5. The zero-order chi connectivity index (χ0) is 23.4.